The molecule has 0 aliphatic carbocycles. The van der Waals surface area contributed by atoms with Crippen LogP contribution in [0.3, 0.4) is 0 Å². The number of nitrogens with two attached hydrogens (primary N) is 1. The number of fused-ring (bicyclic) bond motifs is 5. The van der Waals surface area contributed by atoms with E-state index >= 15 is 0 Å². The molecule has 0 unspecified atom stereocenters. The molecule has 180 valence electrons. The number of anilines is 1. The Labute approximate surface area is 207 Å². The maximum Gasteiger partial charge on any atom is 0.246 e. The summed E-state index contributed by atoms with van der Waals surface area (Å²) in [5, 5.41) is 1.08. The number of H-pyrrole nitrogens is 1. The molecule has 0 saturated carbocycles. The predicted molar refractivity (Wildman–Crippen MR) is 133 cm³/mol. The van der Waals surface area contributed by atoms with Gasteiger partial charge in [-0.15, -0.1) is 0 Å². The number of piperazine rings is 1. The highest BCUT2D eigenvalue weighted by atomic mass is 16.7. The van der Waals surface area contributed by atoms with Crippen molar-refractivity contribution in [3.05, 3.63) is 89.1 Å². The fraction of sp³-hybridized carbons (Fsp3) is 0.214. The molecule has 0 bridgehead atoms. The second-order valence-corrected chi connectivity index (χ2v) is 9.53. The quantitative estimate of drug-likeness (QED) is 0.438. The molecule has 0 spiro atoms. The molecule has 36 heavy (non-hydrogen) atoms. The minimum absolute atomic E-state index is 0.0241. The number of aromatic nitrogens is 1. The summed E-state index contributed by atoms with van der Waals surface area (Å²) in [5.74, 6) is 1.20. The van der Waals surface area contributed by atoms with Crippen molar-refractivity contribution in [2.45, 2.75) is 25.0 Å². The van der Waals surface area contributed by atoms with Gasteiger partial charge in [-0.3, -0.25) is 9.59 Å². The summed E-state index contributed by atoms with van der Waals surface area (Å²) < 4.78 is 11.1. The Morgan fingerprint density at radius 1 is 0.972 bits per heavy atom. The molecule has 7 rings (SSSR count). The number of carbonyl (C=O) groups excluding carboxylic acids is 2. The van der Waals surface area contributed by atoms with Crippen LogP contribution in [-0.4, -0.2) is 46.0 Å². The number of benzene rings is 3. The van der Waals surface area contributed by atoms with E-state index < -0.39 is 12.1 Å². The summed E-state index contributed by atoms with van der Waals surface area (Å²) in [5.41, 5.74) is 11.3. The Bertz CT molecular complexity index is 1530. The number of para-hydroxylation sites is 1. The van der Waals surface area contributed by atoms with Crippen molar-refractivity contribution < 1.29 is 19.1 Å². The maximum atomic E-state index is 13.9. The molecule has 4 aromatic rings. The topological polar surface area (TPSA) is 101 Å². The fourth-order valence-corrected chi connectivity index (χ4v) is 5.73. The lowest BCUT2D eigenvalue weighted by molar-refractivity contribution is -0.159. The molecule has 8 heteroatoms. The number of rotatable bonds is 3. The average molecular weight is 481 g/mol. The van der Waals surface area contributed by atoms with Crippen LogP contribution in [0.25, 0.3) is 10.9 Å². The number of nitrogens with one attached hydrogen (secondary N) is 1. The van der Waals surface area contributed by atoms with E-state index in [9.17, 15) is 9.59 Å². The summed E-state index contributed by atoms with van der Waals surface area (Å²) in [6.45, 7) is 0.561. The zero-order valence-electron chi connectivity index (χ0n) is 19.4. The Balaban J connectivity index is 1.33. The Morgan fingerprint density at radius 2 is 1.78 bits per heavy atom. The van der Waals surface area contributed by atoms with Gasteiger partial charge in [-0.2, -0.15) is 0 Å². The monoisotopic (exact) mass is 480 g/mol. The van der Waals surface area contributed by atoms with Gasteiger partial charge < -0.3 is 30.0 Å². The predicted octanol–water partition coefficient (Wildman–Crippen LogP) is 3.36. The van der Waals surface area contributed by atoms with Gasteiger partial charge in [-0.25, -0.2) is 0 Å². The molecule has 4 heterocycles. The molecule has 3 aromatic carbocycles. The molecule has 2 amide bonds. The summed E-state index contributed by atoms with van der Waals surface area (Å²) >= 11 is 0. The molecule has 3 N–H and O–H groups in total. The van der Waals surface area contributed by atoms with Crippen molar-refractivity contribution in [2.24, 2.45) is 0 Å². The Morgan fingerprint density at radius 3 is 2.64 bits per heavy atom. The lowest BCUT2D eigenvalue weighted by Gasteiger charge is -2.47. The summed E-state index contributed by atoms with van der Waals surface area (Å²) in [6.07, 6.45) is 0.462. The highest BCUT2D eigenvalue weighted by molar-refractivity contribution is 5.97. The molecule has 3 aliphatic rings. The van der Waals surface area contributed by atoms with Gasteiger partial charge in [0, 0.05) is 35.2 Å². The van der Waals surface area contributed by atoms with Gasteiger partial charge in [-0.05, 0) is 47.0 Å². The molecule has 3 aliphatic heterocycles. The van der Waals surface area contributed by atoms with E-state index in [2.05, 4.69) is 11.1 Å². The first-order valence-electron chi connectivity index (χ1n) is 12.0. The number of nitrogens with zero attached hydrogens (tertiary/aromatic N) is 2. The second-order valence-electron chi connectivity index (χ2n) is 9.53. The van der Waals surface area contributed by atoms with Gasteiger partial charge in [0.15, 0.2) is 11.5 Å². The normalized spacial score (nSPS) is 20.6. The van der Waals surface area contributed by atoms with Crippen molar-refractivity contribution in [1.29, 1.82) is 0 Å². The number of ether oxygens (including phenoxy) is 2. The Hall–Kier alpha value is -4.46. The average Bonchev–Trinajstić information content (AvgIpc) is 3.51. The molecule has 1 saturated heterocycles. The van der Waals surface area contributed by atoms with Crippen molar-refractivity contribution in [3.8, 4) is 11.5 Å². The molecule has 1 aromatic heterocycles. The number of hydrogen-bond acceptors (Lipinski definition) is 5. The fourth-order valence-electron chi connectivity index (χ4n) is 5.73. The van der Waals surface area contributed by atoms with Crippen LogP contribution in [-0.2, 0) is 22.6 Å². The third-order valence-electron chi connectivity index (χ3n) is 7.41. The van der Waals surface area contributed by atoms with Crippen molar-refractivity contribution in [1.82, 2.24) is 14.8 Å². The number of hydrogen-bond donors (Lipinski definition) is 2. The largest absolute Gasteiger partial charge is 0.454 e. The number of nitrogen functional groups attached to an aromatic ring is 1. The van der Waals surface area contributed by atoms with Crippen LogP contribution < -0.4 is 15.2 Å². The molecular weight excluding hydrogens is 456 g/mol. The van der Waals surface area contributed by atoms with E-state index in [1.165, 1.54) is 0 Å². The van der Waals surface area contributed by atoms with Gasteiger partial charge in [0.1, 0.15) is 12.6 Å². The summed E-state index contributed by atoms with van der Waals surface area (Å²) in [7, 11) is 0. The number of carbonyl (C=O) groups is 2. The minimum Gasteiger partial charge on any atom is -0.454 e. The molecular formula is C28H24N4O4. The van der Waals surface area contributed by atoms with Crippen LogP contribution in [0.15, 0.2) is 66.7 Å². The van der Waals surface area contributed by atoms with Crippen LogP contribution in [0.2, 0.25) is 0 Å². The van der Waals surface area contributed by atoms with Gasteiger partial charge in [0.25, 0.3) is 0 Å². The van der Waals surface area contributed by atoms with E-state index in [0.717, 1.165) is 33.3 Å². The van der Waals surface area contributed by atoms with Crippen molar-refractivity contribution in [2.75, 3.05) is 19.1 Å². The minimum atomic E-state index is -0.595. The van der Waals surface area contributed by atoms with Crippen LogP contribution in [0, 0.1) is 0 Å². The SMILES string of the molecule is Nc1ccc(CN2CC(=O)N3[C@H](c4ccc5c(c4)OCO5)c4[nH]c5ccccc5c4C[C@@H]3C2=O)cc1. The second kappa shape index (κ2) is 7.78. The zero-order valence-corrected chi connectivity index (χ0v) is 19.4. The highest BCUT2D eigenvalue weighted by Crippen LogP contribution is 2.45. The van der Waals surface area contributed by atoms with Gasteiger partial charge in [0.05, 0.1) is 6.04 Å². The number of amides is 2. The summed E-state index contributed by atoms with van der Waals surface area (Å²) in [4.78, 5) is 34.5. The van der Waals surface area contributed by atoms with E-state index in [1.807, 2.05) is 60.7 Å². The van der Waals surface area contributed by atoms with E-state index in [-0.39, 0.29) is 25.2 Å². The van der Waals surface area contributed by atoms with E-state index in [4.69, 9.17) is 15.2 Å². The third kappa shape index (κ3) is 3.14. The maximum absolute atomic E-state index is 13.9. The Kier molecular flexibility index (Phi) is 4.51. The summed E-state index contributed by atoms with van der Waals surface area (Å²) in [6, 6.07) is 20.2. The molecule has 2 atom stereocenters. The van der Waals surface area contributed by atoms with Crippen molar-refractivity contribution >= 4 is 28.4 Å². The molecule has 8 nitrogen and oxygen atoms in total. The van der Waals surface area contributed by atoms with E-state index in [1.54, 1.807) is 9.80 Å². The van der Waals surface area contributed by atoms with Crippen LogP contribution in [0.4, 0.5) is 5.69 Å². The van der Waals surface area contributed by atoms with Gasteiger partial charge in [0.2, 0.25) is 18.6 Å². The number of aromatic amines is 1. The van der Waals surface area contributed by atoms with Crippen LogP contribution in [0.1, 0.15) is 28.4 Å². The lowest BCUT2D eigenvalue weighted by atomic mass is 9.86. The highest BCUT2D eigenvalue weighted by Gasteiger charge is 2.48. The first-order valence-corrected chi connectivity index (χ1v) is 12.0. The van der Waals surface area contributed by atoms with Gasteiger partial charge in [-0.1, -0.05) is 36.4 Å². The third-order valence-corrected chi connectivity index (χ3v) is 7.41. The van der Waals surface area contributed by atoms with E-state index in [0.29, 0.717) is 30.2 Å². The lowest BCUT2D eigenvalue weighted by Crippen LogP contribution is -2.62. The van der Waals surface area contributed by atoms with Crippen LogP contribution >= 0.6 is 0 Å². The standard InChI is InChI=1S/C28H24N4O4/c29-18-8-5-16(6-9-18)13-31-14-25(33)32-22(28(31)34)12-20-19-3-1-2-4-21(19)30-26(20)27(32)17-7-10-23-24(11-17)36-15-35-23/h1-11,22,27,30H,12-15,29H2/t22-,27-/m1/s1. The van der Waals surface area contributed by atoms with Crippen LogP contribution in [0.5, 0.6) is 11.5 Å². The zero-order chi connectivity index (χ0) is 24.4. The van der Waals surface area contributed by atoms with Gasteiger partial charge >= 0.3 is 0 Å². The first kappa shape index (κ1) is 20.9. The van der Waals surface area contributed by atoms with Crippen molar-refractivity contribution in [3.63, 3.8) is 0 Å². The molecule has 0 radical (unpaired) electrons. The smallest absolute Gasteiger partial charge is 0.246 e. The first-order chi connectivity index (χ1) is 17.6. The molecule has 1 fully saturated rings.